The molecule has 6 heteroatoms. The maximum atomic E-state index is 11.8. The number of rotatable bonds is 1. The number of benzene rings is 1. The van der Waals surface area contributed by atoms with E-state index in [2.05, 4.69) is 9.89 Å². The Morgan fingerprint density at radius 3 is 2.79 bits per heavy atom. The predicted octanol–water partition coefficient (Wildman–Crippen LogP) is 2.73. The quantitative estimate of drug-likeness (QED) is 0.714. The zero-order chi connectivity index (χ0) is 10.2. The second-order valence-corrected chi connectivity index (χ2v) is 2.57. The van der Waals surface area contributed by atoms with Crippen LogP contribution < -0.4 is 4.74 Å². The van der Waals surface area contributed by atoms with E-state index in [0.717, 1.165) is 0 Å². The van der Waals surface area contributed by atoms with Crippen LogP contribution in [0.5, 0.6) is 5.75 Å². The van der Waals surface area contributed by atoms with Crippen molar-refractivity contribution in [2.45, 2.75) is 6.36 Å². The fourth-order valence-corrected chi connectivity index (χ4v) is 1.05. The molecular formula is C8H4F3NO2. The molecule has 0 saturated heterocycles. The molecular weight excluding hydrogens is 199 g/mol. The Labute approximate surface area is 76.1 Å². The molecule has 2 aromatic rings. The van der Waals surface area contributed by atoms with Gasteiger partial charge in [0.15, 0.2) is 5.58 Å². The van der Waals surface area contributed by atoms with E-state index in [9.17, 15) is 13.2 Å². The molecule has 1 heterocycles. The van der Waals surface area contributed by atoms with Crippen molar-refractivity contribution >= 4 is 11.0 Å². The summed E-state index contributed by atoms with van der Waals surface area (Å²) in [5, 5.41) is 3.89. The van der Waals surface area contributed by atoms with Crippen LogP contribution in [-0.4, -0.2) is 11.5 Å². The summed E-state index contributed by atoms with van der Waals surface area (Å²) in [6.07, 6.45) is -3.36. The molecule has 0 unspecified atom stereocenters. The van der Waals surface area contributed by atoms with Crippen molar-refractivity contribution in [1.29, 1.82) is 0 Å². The Morgan fingerprint density at radius 1 is 1.29 bits per heavy atom. The maximum Gasteiger partial charge on any atom is 0.573 e. The number of nitrogens with zero attached hydrogens (tertiary/aromatic N) is 1. The molecule has 14 heavy (non-hydrogen) atoms. The van der Waals surface area contributed by atoms with Crippen LogP contribution in [-0.2, 0) is 0 Å². The van der Waals surface area contributed by atoms with Crippen LogP contribution in [0.2, 0.25) is 0 Å². The largest absolute Gasteiger partial charge is 0.573 e. The van der Waals surface area contributed by atoms with Gasteiger partial charge in [-0.1, -0.05) is 5.16 Å². The number of hydrogen-bond donors (Lipinski definition) is 0. The third-order valence-electron chi connectivity index (χ3n) is 1.56. The Bertz CT molecular complexity index is 449. The summed E-state index contributed by atoms with van der Waals surface area (Å²) in [5.41, 5.74) is 0.416. The summed E-state index contributed by atoms with van der Waals surface area (Å²) in [6.45, 7) is 0. The highest BCUT2D eigenvalue weighted by molar-refractivity contribution is 5.77. The highest BCUT2D eigenvalue weighted by Gasteiger charge is 2.31. The molecule has 0 radical (unpaired) electrons. The Balaban J connectivity index is 2.35. The average molecular weight is 203 g/mol. The molecule has 1 aromatic heterocycles. The third-order valence-corrected chi connectivity index (χ3v) is 1.56. The maximum absolute atomic E-state index is 11.8. The van der Waals surface area contributed by atoms with Gasteiger partial charge in [-0.2, -0.15) is 0 Å². The number of fused-ring (bicyclic) bond motifs is 1. The van der Waals surface area contributed by atoms with Gasteiger partial charge in [-0.25, -0.2) is 0 Å². The summed E-state index contributed by atoms with van der Waals surface area (Å²) in [6, 6.07) is 3.74. The van der Waals surface area contributed by atoms with Gasteiger partial charge in [0.05, 0.1) is 6.20 Å². The van der Waals surface area contributed by atoms with E-state index in [-0.39, 0.29) is 5.75 Å². The van der Waals surface area contributed by atoms with E-state index in [0.29, 0.717) is 11.0 Å². The fraction of sp³-hybridized carbons (Fsp3) is 0.125. The molecule has 0 bridgehead atoms. The monoisotopic (exact) mass is 203 g/mol. The van der Waals surface area contributed by atoms with Gasteiger partial charge in [-0.15, -0.1) is 13.2 Å². The van der Waals surface area contributed by atoms with Gasteiger partial charge in [0, 0.05) is 5.39 Å². The average Bonchev–Trinajstić information content (AvgIpc) is 2.47. The molecule has 1 aromatic carbocycles. The number of halogens is 3. The van der Waals surface area contributed by atoms with Crippen molar-refractivity contribution in [3.05, 3.63) is 24.4 Å². The van der Waals surface area contributed by atoms with Gasteiger partial charge < -0.3 is 9.26 Å². The third kappa shape index (κ3) is 1.78. The molecule has 0 atom stereocenters. The summed E-state index contributed by atoms with van der Waals surface area (Å²) >= 11 is 0. The highest BCUT2D eigenvalue weighted by Crippen LogP contribution is 2.26. The van der Waals surface area contributed by atoms with Crippen molar-refractivity contribution in [2.75, 3.05) is 0 Å². The van der Waals surface area contributed by atoms with Gasteiger partial charge >= 0.3 is 6.36 Å². The molecule has 0 spiro atoms. The van der Waals surface area contributed by atoms with Gasteiger partial charge in [-0.3, -0.25) is 0 Å². The van der Waals surface area contributed by atoms with Gasteiger partial charge in [0.2, 0.25) is 0 Å². The summed E-state index contributed by atoms with van der Waals surface area (Å²) in [7, 11) is 0. The normalized spacial score (nSPS) is 11.9. The second-order valence-electron chi connectivity index (χ2n) is 2.57. The minimum absolute atomic E-state index is 0.284. The first-order valence-corrected chi connectivity index (χ1v) is 3.65. The van der Waals surface area contributed by atoms with Crippen molar-refractivity contribution in [1.82, 2.24) is 5.16 Å². The number of hydrogen-bond acceptors (Lipinski definition) is 3. The van der Waals surface area contributed by atoms with E-state index in [4.69, 9.17) is 4.52 Å². The highest BCUT2D eigenvalue weighted by atomic mass is 19.4. The fourth-order valence-electron chi connectivity index (χ4n) is 1.05. The summed E-state index contributed by atoms with van der Waals surface area (Å²) in [5.74, 6) is -0.284. The lowest BCUT2D eigenvalue weighted by Crippen LogP contribution is -2.16. The number of ether oxygens (including phenoxy) is 1. The standard InChI is InChI=1S/C8H4F3NO2/c9-8(10,11)13-6-1-2-7-5(3-6)4-12-14-7/h1-4H. The second kappa shape index (κ2) is 2.90. The van der Waals surface area contributed by atoms with Crippen molar-refractivity contribution in [3.63, 3.8) is 0 Å². The molecule has 2 rings (SSSR count). The van der Waals surface area contributed by atoms with Gasteiger partial charge in [-0.05, 0) is 18.2 Å². The Kier molecular flexibility index (Phi) is 1.83. The van der Waals surface area contributed by atoms with Crippen molar-refractivity contribution in [2.24, 2.45) is 0 Å². The lowest BCUT2D eigenvalue weighted by molar-refractivity contribution is -0.274. The summed E-state index contributed by atoms with van der Waals surface area (Å²) < 4.78 is 43.8. The van der Waals surface area contributed by atoms with Crippen LogP contribution >= 0.6 is 0 Å². The van der Waals surface area contributed by atoms with Crippen LogP contribution in [0, 0.1) is 0 Å². The smallest absolute Gasteiger partial charge is 0.406 e. The zero-order valence-corrected chi connectivity index (χ0v) is 6.71. The molecule has 0 saturated carbocycles. The van der Waals surface area contributed by atoms with Crippen LogP contribution in [0.1, 0.15) is 0 Å². The molecule has 0 amide bonds. The van der Waals surface area contributed by atoms with Crippen LogP contribution in [0.4, 0.5) is 13.2 Å². The molecule has 0 aliphatic heterocycles. The minimum atomic E-state index is -4.68. The van der Waals surface area contributed by atoms with Gasteiger partial charge in [0.1, 0.15) is 5.75 Å². The Hall–Kier alpha value is -1.72. The number of alkyl halides is 3. The minimum Gasteiger partial charge on any atom is -0.406 e. The predicted molar refractivity (Wildman–Crippen MR) is 40.7 cm³/mol. The van der Waals surface area contributed by atoms with Crippen molar-refractivity contribution in [3.8, 4) is 5.75 Å². The molecule has 74 valence electrons. The van der Waals surface area contributed by atoms with E-state index < -0.39 is 6.36 Å². The van der Waals surface area contributed by atoms with Crippen molar-refractivity contribution < 1.29 is 22.4 Å². The van der Waals surface area contributed by atoms with E-state index >= 15 is 0 Å². The van der Waals surface area contributed by atoms with Crippen LogP contribution in [0.25, 0.3) is 11.0 Å². The molecule has 0 aliphatic rings. The topological polar surface area (TPSA) is 35.3 Å². The molecule has 0 fully saturated rings. The number of aromatic nitrogens is 1. The van der Waals surface area contributed by atoms with Crippen LogP contribution in [0.3, 0.4) is 0 Å². The molecule has 3 nitrogen and oxygen atoms in total. The molecule has 0 aliphatic carbocycles. The SMILES string of the molecule is FC(F)(F)Oc1ccc2oncc2c1. The lowest BCUT2D eigenvalue weighted by Gasteiger charge is -2.07. The first-order valence-electron chi connectivity index (χ1n) is 3.65. The molecule has 0 N–H and O–H groups in total. The zero-order valence-electron chi connectivity index (χ0n) is 6.71. The lowest BCUT2D eigenvalue weighted by atomic mass is 10.2. The Morgan fingerprint density at radius 2 is 2.07 bits per heavy atom. The van der Waals surface area contributed by atoms with E-state index in [1.807, 2.05) is 0 Å². The van der Waals surface area contributed by atoms with Crippen LogP contribution in [0.15, 0.2) is 28.9 Å². The van der Waals surface area contributed by atoms with E-state index in [1.165, 1.54) is 24.4 Å². The summed E-state index contributed by atoms with van der Waals surface area (Å²) in [4.78, 5) is 0. The first-order chi connectivity index (χ1) is 6.54. The van der Waals surface area contributed by atoms with E-state index in [1.54, 1.807) is 0 Å². The van der Waals surface area contributed by atoms with Gasteiger partial charge in [0.25, 0.3) is 0 Å². The first kappa shape index (κ1) is 8.86.